The summed E-state index contributed by atoms with van der Waals surface area (Å²) < 4.78 is 0. The van der Waals surface area contributed by atoms with Crippen molar-refractivity contribution in [3.05, 3.63) is 17.0 Å². The molecule has 0 aliphatic rings. The Hall–Kier alpha value is -1.27. The average Bonchev–Trinajstić information content (AvgIpc) is 2.03. The Morgan fingerprint density at radius 3 is 3.00 bits per heavy atom. The zero-order chi connectivity index (χ0) is 9.68. The number of aryl methyl sites for hydroxylation is 1. The third-order valence-electron chi connectivity index (χ3n) is 1.40. The van der Waals surface area contributed by atoms with Gasteiger partial charge in [-0.1, -0.05) is 0 Å². The summed E-state index contributed by atoms with van der Waals surface area (Å²) in [6, 6.07) is 1.82. The van der Waals surface area contributed by atoms with E-state index in [1.807, 2.05) is 13.0 Å². The van der Waals surface area contributed by atoms with Gasteiger partial charge in [0.1, 0.15) is 5.82 Å². The molecule has 1 aromatic heterocycles. The van der Waals surface area contributed by atoms with E-state index in [0.717, 1.165) is 5.69 Å². The summed E-state index contributed by atoms with van der Waals surface area (Å²) in [4.78, 5) is 7.92. The summed E-state index contributed by atoms with van der Waals surface area (Å²) in [6.45, 7) is 2.56. The first-order valence-electron chi connectivity index (χ1n) is 3.91. The molecule has 0 atom stereocenters. The summed E-state index contributed by atoms with van der Waals surface area (Å²) in [5, 5.41) is 3.30. The zero-order valence-electron chi connectivity index (χ0n) is 7.34. The molecule has 1 N–H and O–H groups in total. The van der Waals surface area contributed by atoms with Gasteiger partial charge in [-0.15, -0.1) is 12.3 Å². The summed E-state index contributed by atoms with van der Waals surface area (Å²) in [6.07, 6.45) is 5.77. The van der Waals surface area contributed by atoms with Crippen LogP contribution in [0, 0.1) is 19.3 Å². The average molecular weight is 196 g/mol. The topological polar surface area (TPSA) is 37.8 Å². The van der Waals surface area contributed by atoms with Crippen LogP contribution in [0.5, 0.6) is 0 Å². The van der Waals surface area contributed by atoms with Crippen molar-refractivity contribution < 1.29 is 0 Å². The van der Waals surface area contributed by atoms with Gasteiger partial charge in [0, 0.05) is 24.7 Å². The number of nitrogens with one attached hydrogen (secondary N) is 1. The minimum atomic E-state index is 0.253. The van der Waals surface area contributed by atoms with Gasteiger partial charge in [-0.2, -0.15) is 0 Å². The van der Waals surface area contributed by atoms with Crippen LogP contribution in [0.25, 0.3) is 0 Å². The molecule has 0 aliphatic carbocycles. The lowest BCUT2D eigenvalue weighted by Crippen LogP contribution is -2.03. The number of terminal acetylenes is 1. The molecule has 1 heterocycles. The normalized spacial score (nSPS) is 9.31. The predicted octanol–water partition coefficient (Wildman–Crippen LogP) is 1.87. The van der Waals surface area contributed by atoms with Crippen LogP contribution in [0.3, 0.4) is 0 Å². The first kappa shape index (κ1) is 9.82. The molecule has 68 valence electrons. The standard InChI is InChI=1S/C9H10ClN3/c1-3-4-5-11-8-6-7(2)12-9(10)13-8/h1,6H,4-5H2,2H3,(H,11,12,13). The number of anilines is 1. The van der Waals surface area contributed by atoms with Crippen LogP contribution in [0.15, 0.2) is 6.07 Å². The summed E-state index contributed by atoms with van der Waals surface area (Å²) in [5.41, 5.74) is 0.836. The Morgan fingerprint density at radius 1 is 1.62 bits per heavy atom. The van der Waals surface area contributed by atoms with Crippen molar-refractivity contribution in [2.45, 2.75) is 13.3 Å². The van der Waals surface area contributed by atoms with E-state index in [2.05, 4.69) is 21.2 Å². The van der Waals surface area contributed by atoms with Gasteiger partial charge in [-0.05, 0) is 18.5 Å². The maximum atomic E-state index is 5.66. The highest BCUT2D eigenvalue weighted by atomic mass is 35.5. The highest BCUT2D eigenvalue weighted by molar-refractivity contribution is 6.28. The lowest BCUT2D eigenvalue weighted by atomic mass is 10.4. The molecule has 1 rings (SSSR count). The van der Waals surface area contributed by atoms with Crippen LogP contribution >= 0.6 is 11.6 Å². The molecule has 0 unspecified atom stereocenters. The van der Waals surface area contributed by atoms with Crippen molar-refractivity contribution in [3.63, 3.8) is 0 Å². The van der Waals surface area contributed by atoms with Crippen molar-refractivity contribution >= 4 is 17.4 Å². The van der Waals surface area contributed by atoms with E-state index in [4.69, 9.17) is 18.0 Å². The molecule has 4 heteroatoms. The van der Waals surface area contributed by atoms with Crippen LogP contribution in [0.4, 0.5) is 5.82 Å². The van der Waals surface area contributed by atoms with Crippen LogP contribution in [0.2, 0.25) is 5.28 Å². The van der Waals surface area contributed by atoms with E-state index in [-0.39, 0.29) is 5.28 Å². The van der Waals surface area contributed by atoms with Crippen LogP contribution in [-0.4, -0.2) is 16.5 Å². The molecule has 0 amide bonds. The van der Waals surface area contributed by atoms with Crippen LogP contribution in [-0.2, 0) is 0 Å². The lowest BCUT2D eigenvalue weighted by Gasteiger charge is -2.03. The first-order chi connectivity index (χ1) is 6.22. The van der Waals surface area contributed by atoms with E-state index in [1.54, 1.807) is 0 Å². The molecule has 13 heavy (non-hydrogen) atoms. The molecule has 0 fully saturated rings. The number of aromatic nitrogens is 2. The van der Waals surface area contributed by atoms with Crippen molar-refractivity contribution in [1.29, 1.82) is 0 Å². The van der Waals surface area contributed by atoms with Crippen molar-refractivity contribution in [1.82, 2.24) is 9.97 Å². The molecule has 0 aliphatic heterocycles. The molecule has 1 aromatic rings. The fourth-order valence-corrected chi connectivity index (χ4v) is 1.11. The summed E-state index contributed by atoms with van der Waals surface area (Å²) >= 11 is 5.66. The molecule has 0 saturated carbocycles. The third-order valence-corrected chi connectivity index (χ3v) is 1.57. The SMILES string of the molecule is C#CCCNc1cc(C)nc(Cl)n1. The van der Waals surface area contributed by atoms with E-state index in [9.17, 15) is 0 Å². The molecule has 0 spiro atoms. The van der Waals surface area contributed by atoms with Gasteiger partial charge in [0.05, 0.1) is 0 Å². The second-order valence-corrected chi connectivity index (χ2v) is 2.88. The van der Waals surface area contributed by atoms with Gasteiger partial charge in [0.25, 0.3) is 0 Å². The Labute approximate surface area is 82.5 Å². The maximum Gasteiger partial charge on any atom is 0.224 e. The highest BCUT2D eigenvalue weighted by Gasteiger charge is 1.97. The highest BCUT2D eigenvalue weighted by Crippen LogP contribution is 2.09. The molecule has 0 radical (unpaired) electrons. The summed E-state index contributed by atoms with van der Waals surface area (Å²) in [5.74, 6) is 3.24. The van der Waals surface area contributed by atoms with E-state index in [0.29, 0.717) is 18.8 Å². The maximum absolute atomic E-state index is 5.66. The Bertz CT molecular complexity index is 310. The van der Waals surface area contributed by atoms with Gasteiger partial charge in [-0.3, -0.25) is 0 Å². The largest absolute Gasteiger partial charge is 0.369 e. The number of hydrogen-bond acceptors (Lipinski definition) is 3. The number of nitrogens with zero attached hydrogens (tertiary/aromatic N) is 2. The van der Waals surface area contributed by atoms with Crippen LogP contribution in [0.1, 0.15) is 12.1 Å². The van der Waals surface area contributed by atoms with Crippen molar-refractivity contribution in [3.8, 4) is 12.3 Å². The Morgan fingerprint density at radius 2 is 2.38 bits per heavy atom. The molecule has 0 saturated heterocycles. The Balaban J connectivity index is 2.62. The molecule has 0 bridgehead atoms. The van der Waals surface area contributed by atoms with Gasteiger partial charge >= 0.3 is 0 Å². The summed E-state index contributed by atoms with van der Waals surface area (Å²) in [7, 11) is 0. The fourth-order valence-electron chi connectivity index (χ4n) is 0.886. The van der Waals surface area contributed by atoms with Gasteiger partial charge in [-0.25, -0.2) is 9.97 Å². The molecule has 3 nitrogen and oxygen atoms in total. The zero-order valence-corrected chi connectivity index (χ0v) is 8.10. The van der Waals surface area contributed by atoms with Gasteiger partial charge in [0.2, 0.25) is 5.28 Å². The minimum Gasteiger partial charge on any atom is -0.369 e. The molecular formula is C9H10ClN3. The van der Waals surface area contributed by atoms with Crippen molar-refractivity contribution in [2.24, 2.45) is 0 Å². The Kier molecular flexibility index (Phi) is 3.53. The van der Waals surface area contributed by atoms with E-state index < -0.39 is 0 Å². The lowest BCUT2D eigenvalue weighted by molar-refractivity contribution is 1.04. The van der Waals surface area contributed by atoms with E-state index in [1.165, 1.54) is 0 Å². The van der Waals surface area contributed by atoms with E-state index >= 15 is 0 Å². The minimum absolute atomic E-state index is 0.253. The number of rotatable bonds is 3. The fraction of sp³-hybridized carbons (Fsp3) is 0.333. The molecular weight excluding hydrogens is 186 g/mol. The van der Waals surface area contributed by atoms with Crippen molar-refractivity contribution in [2.75, 3.05) is 11.9 Å². The van der Waals surface area contributed by atoms with Gasteiger partial charge < -0.3 is 5.32 Å². The van der Waals surface area contributed by atoms with Gasteiger partial charge in [0.15, 0.2) is 0 Å². The monoisotopic (exact) mass is 195 g/mol. The predicted molar refractivity (Wildman–Crippen MR) is 53.7 cm³/mol. The van der Waals surface area contributed by atoms with Crippen LogP contribution < -0.4 is 5.32 Å². The molecule has 0 aromatic carbocycles. The third kappa shape index (κ3) is 3.30. The first-order valence-corrected chi connectivity index (χ1v) is 4.28. The quantitative estimate of drug-likeness (QED) is 0.455. The number of hydrogen-bond donors (Lipinski definition) is 1. The second-order valence-electron chi connectivity index (χ2n) is 2.54. The number of halogens is 1. The smallest absolute Gasteiger partial charge is 0.224 e. The second kappa shape index (κ2) is 4.68.